The molecule has 0 aliphatic rings. The zero-order valence-electron chi connectivity index (χ0n) is 8.90. The fourth-order valence-corrected chi connectivity index (χ4v) is 2.25. The van der Waals surface area contributed by atoms with Crippen molar-refractivity contribution in [3.05, 3.63) is 38.4 Å². The summed E-state index contributed by atoms with van der Waals surface area (Å²) in [4.78, 5) is 16.0. The van der Waals surface area contributed by atoms with E-state index < -0.39 is 0 Å². The Morgan fingerprint density at radius 3 is 2.88 bits per heavy atom. The summed E-state index contributed by atoms with van der Waals surface area (Å²) >= 11 is 3.37. The highest BCUT2D eigenvalue weighted by molar-refractivity contribution is 14.1. The lowest BCUT2D eigenvalue weighted by Crippen LogP contribution is -2.11. The van der Waals surface area contributed by atoms with Gasteiger partial charge in [0.25, 0.3) is 5.91 Å². The summed E-state index contributed by atoms with van der Waals surface area (Å²) in [6.45, 7) is 1.86. The second-order valence-corrected chi connectivity index (χ2v) is 5.43. The zero-order valence-corrected chi connectivity index (χ0v) is 11.9. The van der Waals surface area contributed by atoms with E-state index in [0.29, 0.717) is 14.3 Å². The van der Waals surface area contributed by atoms with Gasteiger partial charge in [0.1, 0.15) is 5.75 Å². The molecule has 0 saturated carbocycles. The number of nitrogens with zero attached hydrogens (tertiary/aromatic N) is 1. The molecule has 0 atom stereocenters. The number of halogens is 1. The molecule has 0 aliphatic carbocycles. The topological polar surface area (TPSA) is 62.2 Å². The molecule has 6 heteroatoms. The normalized spacial score (nSPS) is 10.2. The van der Waals surface area contributed by atoms with Crippen LogP contribution < -0.4 is 5.32 Å². The van der Waals surface area contributed by atoms with Crippen molar-refractivity contribution in [3.8, 4) is 5.75 Å². The highest BCUT2D eigenvalue weighted by atomic mass is 127. The number of rotatable bonds is 2. The van der Waals surface area contributed by atoms with E-state index in [-0.39, 0.29) is 11.7 Å². The summed E-state index contributed by atoms with van der Waals surface area (Å²) in [7, 11) is 0. The Kier molecular flexibility index (Phi) is 3.63. The molecule has 0 radical (unpaired) electrons. The van der Waals surface area contributed by atoms with Gasteiger partial charge in [0.05, 0.1) is 9.26 Å². The fraction of sp³-hybridized carbons (Fsp3) is 0.0909. The summed E-state index contributed by atoms with van der Waals surface area (Å²) in [6, 6.07) is 4.80. The number of aryl methyl sites for hydroxylation is 1. The molecular formula is C11H9IN2O2S. The molecule has 0 saturated heterocycles. The van der Waals surface area contributed by atoms with Gasteiger partial charge in [-0.3, -0.25) is 10.1 Å². The molecule has 2 aromatic rings. The van der Waals surface area contributed by atoms with Crippen LogP contribution in [0.3, 0.4) is 0 Å². The van der Waals surface area contributed by atoms with Crippen molar-refractivity contribution in [2.45, 2.75) is 6.92 Å². The SMILES string of the molecule is Cc1csc(NC(=O)c2ccc(I)c(O)c2)n1. The molecule has 2 N–H and O–H groups in total. The maximum Gasteiger partial charge on any atom is 0.257 e. The summed E-state index contributed by atoms with van der Waals surface area (Å²) in [5.74, 6) is -0.167. The Bertz CT molecular complexity index is 568. The van der Waals surface area contributed by atoms with Gasteiger partial charge in [-0.15, -0.1) is 11.3 Å². The lowest BCUT2D eigenvalue weighted by Gasteiger charge is -2.03. The third-order valence-corrected chi connectivity index (χ3v) is 3.84. The molecule has 0 aliphatic heterocycles. The van der Waals surface area contributed by atoms with Crippen LogP contribution in [0.4, 0.5) is 5.13 Å². The van der Waals surface area contributed by atoms with Gasteiger partial charge < -0.3 is 5.11 Å². The number of aromatic nitrogens is 1. The number of hydrogen-bond donors (Lipinski definition) is 2. The Hall–Kier alpha value is -1.15. The molecule has 0 fully saturated rings. The maximum atomic E-state index is 11.8. The fourth-order valence-electron chi connectivity index (χ4n) is 1.23. The summed E-state index contributed by atoms with van der Waals surface area (Å²) in [5, 5.41) is 14.6. The third-order valence-electron chi connectivity index (χ3n) is 2.05. The van der Waals surface area contributed by atoms with Crippen LogP contribution in [-0.4, -0.2) is 16.0 Å². The van der Waals surface area contributed by atoms with Crippen LogP contribution in [0.5, 0.6) is 5.75 Å². The van der Waals surface area contributed by atoms with Gasteiger partial charge in [-0.1, -0.05) is 0 Å². The van der Waals surface area contributed by atoms with Crippen LogP contribution in [0.15, 0.2) is 23.6 Å². The minimum absolute atomic E-state index is 0.105. The van der Waals surface area contributed by atoms with Gasteiger partial charge in [0, 0.05) is 10.9 Å². The summed E-state index contributed by atoms with van der Waals surface area (Å²) in [5.41, 5.74) is 1.28. The van der Waals surface area contributed by atoms with Crippen LogP contribution in [0.25, 0.3) is 0 Å². The Morgan fingerprint density at radius 1 is 1.53 bits per heavy atom. The predicted molar refractivity (Wildman–Crippen MR) is 75.6 cm³/mol. The number of carbonyl (C=O) groups excluding carboxylic acids is 1. The first kappa shape index (κ1) is 12.3. The minimum atomic E-state index is -0.272. The van der Waals surface area contributed by atoms with E-state index in [4.69, 9.17) is 0 Å². The first-order valence-electron chi connectivity index (χ1n) is 4.78. The average Bonchev–Trinajstić information content (AvgIpc) is 2.68. The number of phenols is 1. The average molecular weight is 360 g/mol. The van der Waals surface area contributed by atoms with Crippen molar-refractivity contribution in [1.29, 1.82) is 0 Å². The van der Waals surface area contributed by atoms with Crippen LogP contribution in [-0.2, 0) is 0 Å². The minimum Gasteiger partial charge on any atom is -0.507 e. The highest BCUT2D eigenvalue weighted by Gasteiger charge is 2.10. The maximum absolute atomic E-state index is 11.8. The second-order valence-electron chi connectivity index (χ2n) is 3.41. The van der Waals surface area contributed by atoms with E-state index in [1.165, 1.54) is 17.4 Å². The second kappa shape index (κ2) is 5.01. The number of anilines is 1. The van der Waals surface area contributed by atoms with E-state index >= 15 is 0 Å². The number of phenolic OH excluding ortho intramolecular Hbond substituents is 1. The molecular weight excluding hydrogens is 351 g/mol. The molecule has 2 rings (SSSR count). The van der Waals surface area contributed by atoms with E-state index in [2.05, 4.69) is 10.3 Å². The van der Waals surface area contributed by atoms with Gasteiger partial charge >= 0.3 is 0 Å². The number of aromatic hydroxyl groups is 1. The monoisotopic (exact) mass is 360 g/mol. The van der Waals surface area contributed by atoms with E-state index in [1.807, 2.05) is 34.9 Å². The Balaban J connectivity index is 2.17. The van der Waals surface area contributed by atoms with Gasteiger partial charge in [-0.2, -0.15) is 0 Å². The van der Waals surface area contributed by atoms with Crippen molar-refractivity contribution < 1.29 is 9.90 Å². The van der Waals surface area contributed by atoms with Crippen molar-refractivity contribution in [2.75, 3.05) is 5.32 Å². The summed E-state index contributed by atoms with van der Waals surface area (Å²) < 4.78 is 0.712. The molecule has 1 heterocycles. The lowest BCUT2D eigenvalue weighted by molar-refractivity contribution is 0.102. The highest BCUT2D eigenvalue weighted by Crippen LogP contribution is 2.21. The van der Waals surface area contributed by atoms with Crippen molar-refractivity contribution in [1.82, 2.24) is 4.98 Å². The molecule has 88 valence electrons. The standard InChI is InChI=1S/C11H9IN2O2S/c1-6-5-17-11(13-6)14-10(16)7-2-3-8(12)9(15)4-7/h2-5,15H,1H3,(H,13,14,16). The number of hydrogen-bond acceptors (Lipinski definition) is 4. The molecule has 1 aromatic heterocycles. The smallest absolute Gasteiger partial charge is 0.257 e. The largest absolute Gasteiger partial charge is 0.507 e. The van der Waals surface area contributed by atoms with Crippen LogP contribution >= 0.6 is 33.9 Å². The number of nitrogens with one attached hydrogen (secondary N) is 1. The van der Waals surface area contributed by atoms with Crippen molar-refractivity contribution in [3.63, 3.8) is 0 Å². The zero-order chi connectivity index (χ0) is 12.4. The first-order valence-corrected chi connectivity index (χ1v) is 6.74. The number of carbonyl (C=O) groups is 1. The molecule has 17 heavy (non-hydrogen) atoms. The quantitative estimate of drug-likeness (QED) is 0.810. The Morgan fingerprint density at radius 2 is 2.29 bits per heavy atom. The molecule has 1 aromatic carbocycles. The van der Waals surface area contributed by atoms with Gasteiger partial charge in [-0.05, 0) is 47.7 Å². The van der Waals surface area contributed by atoms with E-state index in [1.54, 1.807) is 12.1 Å². The number of amides is 1. The molecule has 1 amide bonds. The molecule has 0 spiro atoms. The third kappa shape index (κ3) is 2.95. The van der Waals surface area contributed by atoms with E-state index in [9.17, 15) is 9.90 Å². The number of thiazole rings is 1. The van der Waals surface area contributed by atoms with Crippen molar-refractivity contribution in [2.24, 2.45) is 0 Å². The molecule has 0 bridgehead atoms. The van der Waals surface area contributed by atoms with Crippen LogP contribution in [0.1, 0.15) is 16.1 Å². The summed E-state index contributed by atoms with van der Waals surface area (Å²) in [6.07, 6.45) is 0. The van der Waals surface area contributed by atoms with Gasteiger partial charge in [0.2, 0.25) is 0 Å². The van der Waals surface area contributed by atoms with Crippen LogP contribution in [0, 0.1) is 10.5 Å². The van der Waals surface area contributed by atoms with Crippen molar-refractivity contribution >= 4 is 45.0 Å². The predicted octanol–water partition coefficient (Wildman–Crippen LogP) is 3.01. The van der Waals surface area contributed by atoms with E-state index in [0.717, 1.165) is 5.69 Å². The lowest BCUT2D eigenvalue weighted by atomic mass is 10.2. The van der Waals surface area contributed by atoms with Gasteiger partial charge in [0.15, 0.2) is 5.13 Å². The first-order chi connectivity index (χ1) is 8.06. The van der Waals surface area contributed by atoms with Gasteiger partial charge in [-0.25, -0.2) is 4.98 Å². The molecule has 0 unspecified atom stereocenters. The van der Waals surface area contributed by atoms with Crippen LogP contribution in [0.2, 0.25) is 0 Å². The molecule has 4 nitrogen and oxygen atoms in total. The Labute approximate surface area is 116 Å². The number of benzene rings is 1.